The molecule has 0 aliphatic carbocycles. The van der Waals surface area contributed by atoms with E-state index in [1.54, 1.807) is 13.0 Å². The summed E-state index contributed by atoms with van der Waals surface area (Å²) in [7, 11) is 0. The number of amides is 1. The van der Waals surface area contributed by atoms with Crippen molar-refractivity contribution in [3.8, 4) is 11.5 Å². The molecule has 0 fully saturated rings. The summed E-state index contributed by atoms with van der Waals surface area (Å²) in [5, 5.41) is 21.4. The molecule has 0 aliphatic heterocycles. The van der Waals surface area contributed by atoms with E-state index in [4.69, 9.17) is 0 Å². The number of halogens is 1. The van der Waals surface area contributed by atoms with Crippen molar-refractivity contribution in [3.05, 3.63) is 58.9 Å². The zero-order chi connectivity index (χ0) is 15.4. The fourth-order valence-corrected chi connectivity index (χ4v) is 2.05. The minimum absolute atomic E-state index is 0.00257. The van der Waals surface area contributed by atoms with Crippen LogP contribution in [-0.2, 0) is 6.42 Å². The van der Waals surface area contributed by atoms with Gasteiger partial charge in [0.05, 0.1) is 5.56 Å². The summed E-state index contributed by atoms with van der Waals surface area (Å²) >= 11 is 0. The molecular formula is C16H16FNO3. The zero-order valence-electron chi connectivity index (χ0n) is 11.6. The van der Waals surface area contributed by atoms with Crippen molar-refractivity contribution in [2.24, 2.45) is 0 Å². The Morgan fingerprint density at radius 3 is 2.57 bits per heavy atom. The lowest BCUT2D eigenvalue weighted by atomic mass is 10.0. The van der Waals surface area contributed by atoms with E-state index in [1.807, 2.05) is 0 Å². The van der Waals surface area contributed by atoms with Crippen LogP contribution in [0.1, 0.15) is 21.5 Å². The number of phenolic OH excluding ortho intramolecular Hbond substituents is 2. The number of benzene rings is 2. The third kappa shape index (κ3) is 3.51. The Morgan fingerprint density at radius 1 is 1.19 bits per heavy atom. The van der Waals surface area contributed by atoms with E-state index in [-0.39, 0.29) is 17.1 Å². The lowest BCUT2D eigenvalue weighted by Crippen LogP contribution is -2.26. The second-order valence-electron chi connectivity index (χ2n) is 4.75. The van der Waals surface area contributed by atoms with Crippen LogP contribution in [0.2, 0.25) is 0 Å². The lowest BCUT2D eigenvalue weighted by molar-refractivity contribution is 0.0950. The molecule has 110 valence electrons. The fourth-order valence-electron chi connectivity index (χ4n) is 2.05. The van der Waals surface area contributed by atoms with Crippen LogP contribution in [0.25, 0.3) is 0 Å². The highest BCUT2D eigenvalue weighted by molar-refractivity contribution is 5.94. The van der Waals surface area contributed by atoms with Crippen molar-refractivity contribution >= 4 is 5.91 Å². The lowest BCUT2D eigenvalue weighted by Gasteiger charge is -2.09. The Hall–Kier alpha value is -2.56. The Kier molecular flexibility index (Phi) is 4.42. The minimum atomic E-state index is -0.562. The molecule has 0 unspecified atom stereocenters. The first-order valence-electron chi connectivity index (χ1n) is 6.53. The summed E-state index contributed by atoms with van der Waals surface area (Å²) in [6, 6.07) is 8.69. The maximum atomic E-state index is 13.4. The van der Waals surface area contributed by atoms with E-state index in [0.29, 0.717) is 13.0 Å². The molecule has 1 amide bonds. The molecule has 5 heteroatoms. The molecule has 0 radical (unpaired) electrons. The molecule has 3 N–H and O–H groups in total. The van der Waals surface area contributed by atoms with Gasteiger partial charge in [-0.2, -0.15) is 0 Å². The first kappa shape index (κ1) is 14.8. The number of aryl methyl sites for hydroxylation is 1. The highest BCUT2D eigenvalue weighted by atomic mass is 19.1. The summed E-state index contributed by atoms with van der Waals surface area (Å²) in [6.07, 6.45) is 0.472. The van der Waals surface area contributed by atoms with Gasteiger partial charge in [-0.3, -0.25) is 4.79 Å². The summed E-state index contributed by atoms with van der Waals surface area (Å²) in [4.78, 5) is 11.8. The molecule has 4 nitrogen and oxygen atoms in total. The number of aromatic hydroxyl groups is 2. The summed E-state index contributed by atoms with van der Waals surface area (Å²) < 4.78 is 13.4. The van der Waals surface area contributed by atoms with Crippen molar-refractivity contribution in [2.45, 2.75) is 13.3 Å². The zero-order valence-corrected chi connectivity index (χ0v) is 11.6. The van der Waals surface area contributed by atoms with Crippen LogP contribution in [0.15, 0.2) is 36.4 Å². The molecule has 2 rings (SSSR count). The molecule has 0 atom stereocenters. The van der Waals surface area contributed by atoms with E-state index >= 15 is 0 Å². The number of hydrogen-bond acceptors (Lipinski definition) is 3. The van der Waals surface area contributed by atoms with Gasteiger partial charge in [-0.25, -0.2) is 4.39 Å². The Bertz CT molecular complexity index is 671. The van der Waals surface area contributed by atoms with Crippen LogP contribution < -0.4 is 5.32 Å². The summed E-state index contributed by atoms with van der Waals surface area (Å²) in [6.45, 7) is 2.10. The van der Waals surface area contributed by atoms with Crippen molar-refractivity contribution in [1.82, 2.24) is 5.32 Å². The molecule has 0 heterocycles. The topological polar surface area (TPSA) is 69.6 Å². The van der Waals surface area contributed by atoms with Gasteiger partial charge in [-0.15, -0.1) is 0 Å². The summed E-state index contributed by atoms with van der Waals surface area (Å²) in [5.74, 6) is -1.41. The third-order valence-corrected chi connectivity index (χ3v) is 3.23. The molecule has 0 saturated carbocycles. The number of phenols is 2. The molecule has 0 bridgehead atoms. The molecule has 2 aromatic carbocycles. The van der Waals surface area contributed by atoms with Gasteiger partial charge < -0.3 is 15.5 Å². The van der Waals surface area contributed by atoms with E-state index in [2.05, 4.69) is 5.32 Å². The van der Waals surface area contributed by atoms with Crippen molar-refractivity contribution < 1.29 is 19.4 Å². The van der Waals surface area contributed by atoms with Crippen LogP contribution in [-0.4, -0.2) is 22.7 Å². The standard InChI is InChI=1S/C16H16FNO3/c1-10-8-14(19)15(20)9-11(10)6-7-18-16(21)12-4-2-3-5-13(12)17/h2-5,8-9,19-20H,6-7H2,1H3,(H,18,21). The number of nitrogens with one attached hydrogen (secondary N) is 1. The third-order valence-electron chi connectivity index (χ3n) is 3.23. The molecule has 0 aliphatic rings. The number of carbonyl (C=O) groups is 1. The molecule has 21 heavy (non-hydrogen) atoms. The van der Waals surface area contributed by atoms with E-state index in [1.165, 1.54) is 30.3 Å². The van der Waals surface area contributed by atoms with Gasteiger partial charge in [-0.1, -0.05) is 12.1 Å². The highest BCUT2D eigenvalue weighted by Gasteiger charge is 2.11. The van der Waals surface area contributed by atoms with Crippen LogP contribution in [0.5, 0.6) is 11.5 Å². The number of carbonyl (C=O) groups excluding carboxylic acids is 1. The van der Waals surface area contributed by atoms with Gasteiger partial charge in [0.2, 0.25) is 0 Å². The van der Waals surface area contributed by atoms with Gasteiger partial charge in [0, 0.05) is 6.54 Å². The van der Waals surface area contributed by atoms with Gasteiger partial charge >= 0.3 is 0 Å². The first-order chi connectivity index (χ1) is 9.99. The first-order valence-corrected chi connectivity index (χ1v) is 6.53. The fraction of sp³-hybridized carbons (Fsp3) is 0.188. The largest absolute Gasteiger partial charge is 0.504 e. The highest BCUT2D eigenvalue weighted by Crippen LogP contribution is 2.28. The van der Waals surface area contributed by atoms with Crippen molar-refractivity contribution in [2.75, 3.05) is 6.54 Å². The van der Waals surface area contributed by atoms with E-state index in [0.717, 1.165) is 11.1 Å². The van der Waals surface area contributed by atoms with Gasteiger partial charge in [-0.05, 0) is 48.7 Å². The van der Waals surface area contributed by atoms with E-state index < -0.39 is 11.7 Å². The van der Waals surface area contributed by atoms with Gasteiger partial charge in [0.15, 0.2) is 11.5 Å². The SMILES string of the molecule is Cc1cc(O)c(O)cc1CCNC(=O)c1ccccc1F. The summed E-state index contributed by atoms with van der Waals surface area (Å²) in [5.41, 5.74) is 1.62. The normalized spacial score (nSPS) is 10.4. The molecule has 0 spiro atoms. The molecule has 0 saturated heterocycles. The van der Waals surface area contributed by atoms with Crippen LogP contribution in [0.3, 0.4) is 0 Å². The molecule has 2 aromatic rings. The Morgan fingerprint density at radius 2 is 1.86 bits per heavy atom. The molecular weight excluding hydrogens is 273 g/mol. The average Bonchev–Trinajstić information content (AvgIpc) is 2.44. The van der Waals surface area contributed by atoms with Gasteiger partial charge in [0.1, 0.15) is 5.82 Å². The second-order valence-corrected chi connectivity index (χ2v) is 4.75. The Labute approximate surface area is 121 Å². The van der Waals surface area contributed by atoms with Gasteiger partial charge in [0.25, 0.3) is 5.91 Å². The maximum Gasteiger partial charge on any atom is 0.254 e. The predicted molar refractivity (Wildman–Crippen MR) is 76.9 cm³/mol. The van der Waals surface area contributed by atoms with E-state index in [9.17, 15) is 19.4 Å². The number of rotatable bonds is 4. The van der Waals surface area contributed by atoms with Crippen molar-refractivity contribution in [1.29, 1.82) is 0 Å². The van der Waals surface area contributed by atoms with Crippen molar-refractivity contribution in [3.63, 3.8) is 0 Å². The maximum absolute atomic E-state index is 13.4. The second kappa shape index (κ2) is 6.26. The predicted octanol–water partition coefficient (Wildman–Crippen LogP) is 2.52. The monoisotopic (exact) mass is 289 g/mol. The smallest absolute Gasteiger partial charge is 0.254 e. The minimum Gasteiger partial charge on any atom is -0.504 e. The van der Waals surface area contributed by atoms with Crippen LogP contribution >= 0.6 is 0 Å². The van der Waals surface area contributed by atoms with Crippen LogP contribution in [0, 0.1) is 12.7 Å². The average molecular weight is 289 g/mol. The Balaban J connectivity index is 1.97. The number of hydrogen-bond donors (Lipinski definition) is 3. The molecule has 0 aromatic heterocycles. The quantitative estimate of drug-likeness (QED) is 0.757. The van der Waals surface area contributed by atoms with Crippen LogP contribution in [0.4, 0.5) is 4.39 Å².